The van der Waals surface area contributed by atoms with Gasteiger partial charge < -0.3 is 5.11 Å². The van der Waals surface area contributed by atoms with Crippen molar-refractivity contribution in [3.05, 3.63) is 28.3 Å². The van der Waals surface area contributed by atoms with Gasteiger partial charge in [-0.15, -0.1) is 0 Å². The molecule has 0 heterocycles. The molecule has 0 unspecified atom stereocenters. The normalized spacial score (nSPS) is 20.9. The van der Waals surface area contributed by atoms with E-state index in [4.69, 9.17) is 0 Å². The van der Waals surface area contributed by atoms with Crippen LogP contribution in [0.3, 0.4) is 0 Å². The van der Waals surface area contributed by atoms with E-state index < -0.39 is 0 Å². The molecule has 0 aliphatic heterocycles. The Balaban J connectivity index is 2.85. The van der Waals surface area contributed by atoms with Crippen molar-refractivity contribution < 1.29 is 5.11 Å². The van der Waals surface area contributed by atoms with E-state index in [-0.39, 0.29) is 10.8 Å². The molecule has 0 atom stereocenters. The lowest BCUT2D eigenvalue weighted by Gasteiger charge is -2.23. The van der Waals surface area contributed by atoms with Crippen LogP contribution < -0.4 is 0 Å². The molecule has 2 rings (SSSR count). The van der Waals surface area contributed by atoms with E-state index in [1.165, 1.54) is 16.7 Å². The molecule has 0 bridgehead atoms. The zero-order valence-corrected chi connectivity index (χ0v) is 11.2. The fourth-order valence-electron chi connectivity index (χ4n) is 3.90. The minimum atomic E-state index is 0.173. The van der Waals surface area contributed by atoms with E-state index >= 15 is 0 Å². The van der Waals surface area contributed by atoms with Crippen molar-refractivity contribution in [2.45, 2.75) is 58.8 Å². The fraction of sp³-hybridized carbons (Fsp3) is 0.600. The minimum Gasteiger partial charge on any atom is -0.508 e. The summed E-state index contributed by atoms with van der Waals surface area (Å²) in [5, 5.41) is 9.97. The van der Waals surface area contributed by atoms with Crippen LogP contribution in [-0.2, 0) is 10.8 Å². The fourth-order valence-corrected chi connectivity index (χ4v) is 3.90. The van der Waals surface area contributed by atoms with E-state index in [1.807, 2.05) is 13.0 Å². The molecule has 1 N–H and O–H groups in total. The predicted molar refractivity (Wildman–Crippen MR) is 68.2 cm³/mol. The predicted octanol–water partition coefficient (Wildman–Crippen LogP) is 3.97. The first-order chi connectivity index (χ1) is 7.17. The van der Waals surface area contributed by atoms with Crippen molar-refractivity contribution in [3.8, 4) is 5.75 Å². The SMILES string of the molecule is Cc1cc(O)c(C)c2c1C(C)(C)CC2(C)C. The van der Waals surface area contributed by atoms with Gasteiger partial charge in [-0.05, 0) is 59.4 Å². The zero-order valence-electron chi connectivity index (χ0n) is 11.2. The molecule has 1 heteroatoms. The Hall–Kier alpha value is -0.980. The Morgan fingerprint density at radius 2 is 1.50 bits per heavy atom. The van der Waals surface area contributed by atoms with Gasteiger partial charge in [-0.2, -0.15) is 0 Å². The van der Waals surface area contributed by atoms with Crippen LogP contribution in [0.5, 0.6) is 5.75 Å². The Morgan fingerprint density at radius 1 is 1.00 bits per heavy atom. The van der Waals surface area contributed by atoms with Gasteiger partial charge in [-0.3, -0.25) is 0 Å². The van der Waals surface area contributed by atoms with Gasteiger partial charge in [0.2, 0.25) is 0 Å². The maximum atomic E-state index is 9.97. The lowest BCUT2D eigenvalue weighted by molar-refractivity contribution is 0.401. The number of hydrogen-bond acceptors (Lipinski definition) is 1. The van der Waals surface area contributed by atoms with Gasteiger partial charge in [0.05, 0.1) is 0 Å². The highest BCUT2D eigenvalue weighted by molar-refractivity contribution is 5.57. The number of phenolic OH excluding ortho intramolecular Hbond substituents is 1. The van der Waals surface area contributed by atoms with Crippen molar-refractivity contribution in [1.82, 2.24) is 0 Å². The van der Waals surface area contributed by atoms with E-state index in [0.29, 0.717) is 5.75 Å². The van der Waals surface area contributed by atoms with Gasteiger partial charge in [0.1, 0.15) is 5.75 Å². The smallest absolute Gasteiger partial charge is 0.119 e. The number of aryl methyl sites for hydroxylation is 1. The highest BCUT2D eigenvalue weighted by Gasteiger charge is 2.44. The van der Waals surface area contributed by atoms with Crippen LogP contribution in [-0.4, -0.2) is 5.11 Å². The van der Waals surface area contributed by atoms with E-state index in [0.717, 1.165) is 12.0 Å². The molecule has 1 aliphatic carbocycles. The monoisotopic (exact) mass is 218 g/mol. The van der Waals surface area contributed by atoms with Crippen molar-refractivity contribution in [3.63, 3.8) is 0 Å². The van der Waals surface area contributed by atoms with Gasteiger partial charge in [0.25, 0.3) is 0 Å². The number of benzene rings is 1. The maximum Gasteiger partial charge on any atom is 0.119 e. The summed E-state index contributed by atoms with van der Waals surface area (Å²) in [5.74, 6) is 0.446. The highest BCUT2D eigenvalue weighted by atomic mass is 16.3. The third-order valence-corrected chi connectivity index (χ3v) is 3.99. The summed E-state index contributed by atoms with van der Waals surface area (Å²) in [6.45, 7) is 13.3. The average molecular weight is 218 g/mol. The number of phenols is 1. The Labute approximate surface area is 98.5 Å². The molecule has 0 fully saturated rings. The summed E-state index contributed by atoms with van der Waals surface area (Å²) in [6, 6.07) is 1.91. The topological polar surface area (TPSA) is 20.2 Å². The van der Waals surface area contributed by atoms with Gasteiger partial charge in [0, 0.05) is 0 Å². The van der Waals surface area contributed by atoms with Crippen molar-refractivity contribution >= 4 is 0 Å². The number of aromatic hydroxyl groups is 1. The lowest BCUT2D eigenvalue weighted by Crippen LogP contribution is -2.18. The Morgan fingerprint density at radius 3 is 2.06 bits per heavy atom. The van der Waals surface area contributed by atoms with Crippen LogP contribution in [0, 0.1) is 13.8 Å². The quantitative estimate of drug-likeness (QED) is 0.698. The summed E-state index contributed by atoms with van der Waals surface area (Å²) in [6.07, 6.45) is 1.15. The number of rotatable bonds is 0. The molecule has 1 aliphatic rings. The largest absolute Gasteiger partial charge is 0.508 e. The molecule has 16 heavy (non-hydrogen) atoms. The molecule has 1 aromatic rings. The molecule has 0 saturated carbocycles. The maximum absolute atomic E-state index is 9.97. The number of hydrogen-bond donors (Lipinski definition) is 1. The van der Waals surface area contributed by atoms with Crippen LogP contribution in [0.2, 0.25) is 0 Å². The van der Waals surface area contributed by atoms with Crippen LogP contribution in [0.1, 0.15) is 56.4 Å². The summed E-state index contributed by atoms with van der Waals surface area (Å²) in [4.78, 5) is 0. The van der Waals surface area contributed by atoms with Crippen LogP contribution in [0.15, 0.2) is 6.07 Å². The summed E-state index contributed by atoms with van der Waals surface area (Å²) in [5.41, 5.74) is 5.51. The van der Waals surface area contributed by atoms with Gasteiger partial charge in [-0.1, -0.05) is 27.7 Å². The highest BCUT2D eigenvalue weighted by Crippen LogP contribution is 2.53. The van der Waals surface area contributed by atoms with Gasteiger partial charge in [-0.25, -0.2) is 0 Å². The Kier molecular flexibility index (Phi) is 2.18. The van der Waals surface area contributed by atoms with Crippen LogP contribution in [0.25, 0.3) is 0 Å². The van der Waals surface area contributed by atoms with E-state index in [2.05, 4.69) is 34.6 Å². The zero-order chi connectivity index (χ0) is 12.3. The van der Waals surface area contributed by atoms with Crippen LogP contribution in [0.4, 0.5) is 0 Å². The molecule has 0 radical (unpaired) electrons. The van der Waals surface area contributed by atoms with Crippen molar-refractivity contribution in [1.29, 1.82) is 0 Å². The molecule has 0 aromatic heterocycles. The van der Waals surface area contributed by atoms with Gasteiger partial charge >= 0.3 is 0 Å². The second-order valence-electron chi connectivity index (χ2n) is 6.53. The van der Waals surface area contributed by atoms with E-state index in [9.17, 15) is 5.11 Å². The molecule has 0 spiro atoms. The molecular weight excluding hydrogens is 196 g/mol. The first kappa shape index (κ1) is 11.5. The first-order valence-electron chi connectivity index (χ1n) is 6.01. The number of fused-ring (bicyclic) bond motifs is 1. The average Bonchev–Trinajstić information content (AvgIpc) is 2.27. The molecular formula is C15H22O. The van der Waals surface area contributed by atoms with E-state index in [1.54, 1.807) is 0 Å². The summed E-state index contributed by atoms with van der Waals surface area (Å²) in [7, 11) is 0. The molecule has 0 amide bonds. The third kappa shape index (κ3) is 1.37. The first-order valence-corrected chi connectivity index (χ1v) is 6.01. The molecule has 0 saturated heterocycles. The van der Waals surface area contributed by atoms with Crippen LogP contribution >= 0.6 is 0 Å². The second-order valence-corrected chi connectivity index (χ2v) is 6.53. The Bertz CT molecular complexity index is 453. The third-order valence-electron chi connectivity index (χ3n) is 3.99. The molecule has 88 valence electrons. The van der Waals surface area contributed by atoms with Crippen molar-refractivity contribution in [2.24, 2.45) is 0 Å². The van der Waals surface area contributed by atoms with Gasteiger partial charge in [0.15, 0.2) is 0 Å². The molecule has 1 nitrogen and oxygen atoms in total. The lowest BCUT2D eigenvalue weighted by atomic mass is 9.81. The summed E-state index contributed by atoms with van der Waals surface area (Å²) < 4.78 is 0. The van der Waals surface area contributed by atoms with Crippen molar-refractivity contribution in [2.75, 3.05) is 0 Å². The second kappa shape index (κ2) is 3.03. The molecule has 1 aromatic carbocycles. The minimum absolute atomic E-state index is 0.173. The summed E-state index contributed by atoms with van der Waals surface area (Å²) >= 11 is 0. The standard InChI is InChI=1S/C15H22O/c1-9-7-11(16)10(2)13-12(9)14(3,4)8-15(13,5)6/h7,16H,8H2,1-6H3.